The number of rotatable bonds is 8. The van der Waals surface area contributed by atoms with E-state index < -0.39 is 18.0 Å². The van der Waals surface area contributed by atoms with E-state index in [1.807, 2.05) is 0 Å². The smallest absolute Gasteiger partial charge is 0.338 e. The molecule has 0 aliphatic carbocycles. The van der Waals surface area contributed by atoms with Crippen LogP contribution in [0.1, 0.15) is 29.7 Å². The summed E-state index contributed by atoms with van der Waals surface area (Å²) in [6.45, 7) is 2.14. The zero-order chi connectivity index (χ0) is 24.8. The van der Waals surface area contributed by atoms with E-state index in [0.717, 1.165) is 5.56 Å². The molecule has 7 nitrogen and oxygen atoms in total. The Hall–Kier alpha value is -4.33. The number of hydrogen-bond donors (Lipinski definition) is 2. The van der Waals surface area contributed by atoms with E-state index in [1.165, 1.54) is 12.1 Å². The summed E-state index contributed by atoms with van der Waals surface area (Å²) in [4.78, 5) is 25.7. The van der Waals surface area contributed by atoms with Crippen LogP contribution in [0.15, 0.2) is 78.4 Å². The molecule has 0 radical (unpaired) electrons. The lowest BCUT2D eigenvalue weighted by Gasteiger charge is -2.29. The Morgan fingerprint density at radius 2 is 1.74 bits per heavy atom. The molecule has 1 unspecified atom stereocenters. The van der Waals surface area contributed by atoms with Crippen LogP contribution >= 0.6 is 0 Å². The Morgan fingerprint density at radius 1 is 1.00 bits per heavy atom. The maximum atomic E-state index is 13.2. The monoisotopic (exact) mass is 476 g/mol. The molecule has 3 aromatic carbocycles. The fraction of sp³-hybridized carbons (Fsp3) is 0.185. The first-order valence-corrected chi connectivity index (χ1v) is 11.1. The van der Waals surface area contributed by atoms with E-state index in [9.17, 15) is 14.0 Å². The van der Waals surface area contributed by atoms with Gasteiger partial charge in [0.05, 0.1) is 31.0 Å². The molecular weight excluding hydrogens is 451 g/mol. The highest BCUT2D eigenvalue weighted by atomic mass is 19.1. The highest BCUT2D eigenvalue weighted by molar-refractivity contribution is 6.04. The van der Waals surface area contributed by atoms with Crippen LogP contribution < -0.4 is 20.1 Å². The van der Waals surface area contributed by atoms with Crippen LogP contribution in [0.2, 0.25) is 0 Å². The number of halogens is 1. The minimum absolute atomic E-state index is 0.180. The number of methoxy groups -OCH3 is 1. The van der Waals surface area contributed by atoms with E-state index in [-0.39, 0.29) is 24.6 Å². The van der Waals surface area contributed by atoms with Crippen molar-refractivity contribution in [1.82, 2.24) is 10.6 Å². The molecule has 0 saturated carbocycles. The second-order valence-electron chi connectivity index (χ2n) is 7.76. The van der Waals surface area contributed by atoms with E-state index in [0.29, 0.717) is 28.3 Å². The van der Waals surface area contributed by atoms with E-state index in [4.69, 9.17) is 14.2 Å². The Kier molecular flexibility index (Phi) is 7.30. The number of ether oxygens (including phenoxy) is 3. The van der Waals surface area contributed by atoms with Gasteiger partial charge in [-0.25, -0.2) is 14.0 Å². The van der Waals surface area contributed by atoms with Crippen molar-refractivity contribution in [3.05, 3.63) is 101 Å². The van der Waals surface area contributed by atoms with Gasteiger partial charge < -0.3 is 24.8 Å². The lowest BCUT2D eigenvalue weighted by atomic mass is 9.92. The topological polar surface area (TPSA) is 85.9 Å². The van der Waals surface area contributed by atoms with Gasteiger partial charge in [0.15, 0.2) is 0 Å². The summed E-state index contributed by atoms with van der Waals surface area (Å²) in [7, 11) is 1.56. The number of esters is 1. The minimum atomic E-state index is -0.769. The Balaban J connectivity index is 1.69. The van der Waals surface area contributed by atoms with E-state index in [1.54, 1.807) is 74.7 Å². The van der Waals surface area contributed by atoms with Crippen molar-refractivity contribution < 1.29 is 28.2 Å². The van der Waals surface area contributed by atoms with Gasteiger partial charge in [-0.1, -0.05) is 24.3 Å². The van der Waals surface area contributed by atoms with Crippen LogP contribution in [0.4, 0.5) is 9.18 Å². The number of carbonyl (C=O) groups excluding carboxylic acids is 2. The molecule has 1 atom stereocenters. The molecule has 0 saturated heterocycles. The Labute approximate surface area is 202 Å². The largest absolute Gasteiger partial charge is 0.497 e. The summed E-state index contributed by atoms with van der Waals surface area (Å²) in [5, 5.41) is 5.57. The second kappa shape index (κ2) is 10.7. The first-order chi connectivity index (χ1) is 17.0. The van der Waals surface area contributed by atoms with Crippen molar-refractivity contribution in [2.45, 2.75) is 19.6 Å². The standard InChI is InChI=1S/C27H25FN2O5/c1-3-34-26(31)23-24(18-9-13-21(33-2)14-10-18)29-27(32)30-25(23)19-5-4-6-22(15-19)35-16-17-7-11-20(28)12-8-17/h4-15,25H,3,16H2,1-2H3,(H2,29,30,32). The van der Waals surface area contributed by atoms with Gasteiger partial charge in [-0.15, -0.1) is 0 Å². The first-order valence-electron chi connectivity index (χ1n) is 11.1. The predicted octanol–water partition coefficient (Wildman–Crippen LogP) is 4.74. The van der Waals surface area contributed by atoms with Crippen LogP contribution in [0, 0.1) is 5.82 Å². The number of carbonyl (C=O) groups is 2. The lowest BCUT2D eigenvalue weighted by molar-refractivity contribution is -0.138. The molecule has 1 heterocycles. The third-order valence-electron chi connectivity index (χ3n) is 5.46. The zero-order valence-corrected chi connectivity index (χ0v) is 19.3. The van der Waals surface area contributed by atoms with Crippen molar-refractivity contribution in [2.75, 3.05) is 13.7 Å². The summed E-state index contributed by atoms with van der Waals surface area (Å²) in [5.74, 6) is 0.320. The number of benzene rings is 3. The molecule has 0 aromatic heterocycles. The fourth-order valence-electron chi connectivity index (χ4n) is 3.76. The van der Waals surface area contributed by atoms with Gasteiger partial charge in [-0.2, -0.15) is 0 Å². The van der Waals surface area contributed by atoms with Crippen molar-refractivity contribution >= 4 is 17.7 Å². The van der Waals surface area contributed by atoms with Gasteiger partial charge in [0.25, 0.3) is 0 Å². The Morgan fingerprint density at radius 3 is 2.43 bits per heavy atom. The molecule has 2 amide bonds. The average Bonchev–Trinajstić information content (AvgIpc) is 2.88. The van der Waals surface area contributed by atoms with Crippen molar-refractivity contribution in [3.63, 3.8) is 0 Å². The van der Waals surface area contributed by atoms with E-state index in [2.05, 4.69) is 10.6 Å². The molecule has 35 heavy (non-hydrogen) atoms. The van der Waals surface area contributed by atoms with Crippen molar-refractivity contribution in [3.8, 4) is 11.5 Å². The van der Waals surface area contributed by atoms with Crippen LogP contribution in [-0.4, -0.2) is 25.7 Å². The lowest BCUT2D eigenvalue weighted by Crippen LogP contribution is -2.45. The summed E-state index contributed by atoms with van der Waals surface area (Å²) >= 11 is 0. The molecule has 0 spiro atoms. The highest BCUT2D eigenvalue weighted by Gasteiger charge is 2.34. The zero-order valence-electron chi connectivity index (χ0n) is 19.3. The van der Waals surface area contributed by atoms with Gasteiger partial charge in [-0.3, -0.25) is 0 Å². The summed E-state index contributed by atoms with van der Waals surface area (Å²) in [6.07, 6.45) is 0. The number of amides is 2. The molecular formula is C27H25FN2O5. The molecule has 1 aliphatic rings. The normalized spacial score (nSPS) is 15.2. The van der Waals surface area contributed by atoms with Crippen LogP contribution in [0.25, 0.3) is 5.70 Å². The highest BCUT2D eigenvalue weighted by Crippen LogP contribution is 2.34. The van der Waals surface area contributed by atoms with Crippen LogP contribution in [0.3, 0.4) is 0 Å². The predicted molar refractivity (Wildman–Crippen MR) is 128 cm³/mol. The number of urea groups is 1. The third kappa shape index (κ3) is 5.60. The van der Waals surface area contributed by atoms with Crippen molar-refractivity contribution in [1.29, 1.82) is 0 Å². The van der Waals surface area contributed by atoms with E-state index >= 15 is 0 Å². The first kappa shape index (κ1) is 23.8. The minimum Gasteiger partial charge on any atom is -0.497 e. The van der Waals surface area contributed by atoms with Crippen LogP contribution in [-0.2, 0) is 16.1 Å². The number of hydrogen-bond acceptors (Lipinski definition) is 5. The maximum Gasteiger partial charge on any atom is 0.338 e. The maximum absolute atomic E-state index is 13.2. The summed E-state index contributed by atoms with van der Waals surface area (Å²) < 4.78 is 29.6. The van der Waals surface area contributed by atoms with Crippen LogP contribution in [0.5, 0.6) is 11.5 Å². The van der Waals surface area contributed by atoms with Gasteiger partial charge in [0.1, 0.15) is 23.9 Å². The molecule has 2 N–H and O–H groups in total. The van der Waals surface area contributed by atoms with Gasteiger partial charge >= 0.3 is 12.0 Å². The molecule has 180 valence electrons. The molecule has 0 fully saturated rings. The van der Waals surface area contributed by atoms with Crippen molar-refractivity contribution in [2.24, 2.45) is 0 Å². The summed E-state index contributed by atoms with van der Waals surface area (Å²) in [5.41, 5.74) is 2.72. The SMILES string of the molecule is CCOC(=O)C1=C(c2ccc(OC)cc2)NC(=O)NC1c1cccc(OCc2ccc(F)cc2)c1. The second-order valence-corrected chi connectivity index (χ2v) is 7.76. The molecule has 0 bridgehead atoms. The van der Waals surface area contributed by atoms with Gasteiger partial charge in [0.2, 0.25) is 0 Å². The molecule has 3 aromatic rings. The molecule has 1 aliphatic heterocycles. The fourth-order valence-corrected chi connectivity index (χ4v) is 3.76. The van der Waals surface area contributed by atoms with Gasteiger partial charge in [0, 0.05) is 0 Å². The Bertz CT molecular complexity index is 1240. The third-order valence-corrected chi connectivity index (χ3v) is 5.46. The molecule has 8 heteroatoms. The number of nitrogens with one attached hydrogen (secondary N) is 2. The average molecular weight is 477 g/mol. The summed E-state index contributed by atoms with van der Waals surface area (Å²) in [6, 6.07) is 18.9. The molecule has 4 rings (SSSR count). The van der Waals surface area contributed by atoms with Gasteiger partial charge in [-0.05, 0) is 72.1 Å². The quantitative estimate of drug-likeness (QED) is 0.459.